The first-order chi connectivity index (χ1) is 11.7. The van der Waals surface area contributed by atoms with E-state index >= 15 is 0 Å². The Morgan fingerprint density at radius 2 is 1.88 bits per heavy atom. The summed E-state index contributed by atoms with van der Waals surface area (Å²) < 4.78 is 11.3. The van der Waals surface area contributed by atoms with Gasteiger partial charge in [-0.1, -0.05) is 6.92 Å². The summed E-state index contributed by atoms with van der Waals surface area (Å²) in [4.78, 5) is 12.6. The topological polar surface area (TPSA) is 59.6 Å². The van der Waals surface area contributed by atoms with Gasteiger partial charge in [0, 0.05) is 23.7 Å². The molecule has 1 aromatic carbocycles. The summed E-state index contributed by atoms with van der Waals surface area (Å²) in [7, 11) is 0. The third-order valence-corrected chi connectivity index (χ3v) is 4.78. The van der Waals surface area contributed by atoms with E-state index in [1.165, 1.54) is 12.8 Å². The van der Waals surface area contributed by atoms with Gasteiger partial charge in [-0.25, -0.2) is 0 Å². The number of fused-ring (bicyclic) bond motifs is 2. The maximum atomic E-state index is 12.6. The molecule has 140 valence electrons. The second-order valence-electron chi connectivity index (χ2n) is 6.72. The van der Waals surface area contributed by atoms with Crippen molar-refractivity contribution in [1.82, 2.24) is 10.6 Å². The fourth-order valence-electron chi connectivity index (χ4n) is 3.69. The van der Waals surface area contributed by atoms with E-state index in [2.05, 4.69) is 17.6 Å². The third-order valence-electron chi connectivity index (χ3n) is 4.78. The van der Waals surface area contributed by atoms with Crippen LogP contribution in [0.5, 0.6) is 11.5 Å². The van der Waals surface area contributed by atoms with Crippen molar-refractivity contribution in [3.05, 3.63) is 23.8 Å². The van der Waals surface area contributed by atoms with Gasteiger partial charge in [-0.15, -0.1) is 12.4 Å². The number of halogens is 1. The van der Waals surface area contributed by atoms with Crippen molar-refractivity contribution >= 4 is 18.3 Å². The normalized spacial score (nSPS) is 24.3. The molecule has 0 aliphatic carbocycles. The second kappa shape index (κ2) is 9.30. The van der Waals surface area contributed by atoms with Crippen LogP contribution >= 0.6 is 12.4 Å². The number of nitrogens with one attached hydrogen (secondary N) is 2. The van der Waals surface area contributed by atoms with Crippen molar-refractivity contribution < 1.29 is 14.3 Å². The van der Waals surface area contributed by atoms with Gasteiger partial charge in [0.25, 0.3) is 5.91 Å². The maximum Gasteiger partial charge on any atom is 0.251 e. The van der Waals surface area contributed by atoms with Gasteiger partial charge in [0.1, 0.15) is 0 Å². The average molecular weight is 369 g/mol. The number of carbonyl (C=O) groups excluding carboxylic acids is 1. The highest BCUT2D eigenvalue weighted by atomic mass is 35.5. The lowest BCUT2D eigenvalue weighted by Crippen LogP contribution is -2.48. The number of rotatable bonds is 7. The Labute approximate surface area is 156 Å². The maximum absolute atomic E-state index is 12.6. The van der Waals surface area contributed by atoms with E-state index in [0.29, 0.717) is 42.4 Å². The Morgan fingerprint density at radius 3 is 2.52 bits per heavy atom. The van der Waals surface area contributed by atoms with E-state index in [1.54, 1.807) is 6.07 Å². The fourth-order valence-corrected chi connectivity index (χ4v) is 3.69. The van der Waals surface area contributed by atoms with Crippen molar-refractivity contribution in [3.63, 3.8) is 0 Å². The van der Waals surface area contributed by atoms with Gasteiger partial charge in [0.05, 0.1) is 13.2 Å². The zero-order valence-electron chi connectivity index (χ0n) is 15.0. The number of ether oxygens (including phenoxy) is 2. The van der Waals surface area contributed by atoms with E-state index in [4.69, 9.17) is 9.47 Å². The molecule has 3 rings (SSSR count). The number of benzene rings is 1. The molecule has 0 aromatic heterocycles. The minimum absolute atomic E-state index is 0. The summed E-state index contributed by atoms with van der Waals surface area (Å²) in [6.07, 6.45) is 5.45. The third kappa shape index (κ3) is 5.02. The summed E-state index contributed by atoms with van der Waals surface area (Å²) in [6.45, 7) is 5.18. The average Bonchev–Trinajstić information content (AvgIpc) is 2.92. The van der Waals surface area contributed by atoms with Gasteiger partial charge in [-0.3, -0.25) is 4.79 Å². The quantitative estimate of drug-likeness (QED) is 0.775. The van der Waals surface area contributed by atoms with Crippen LogP contribution in [-0.2, 0) is 0 Å². The predicted octanol–water partition coefficient (Wildman–Crippen LogP) is 3.31. The van der Waals surface area contributed by atoms with Crippen molar-refractivity contribution in [2.45, 2.75) is 64.1 Å². The summed E-state index contributed by atoms with van der Waals surface area (Å²) in [6, 6.07) is 6.85. The van der Waals surface area contributed by atoms with Crippen LogP contribution in [0.2, 0.25) is 0 Å². The van der Waals surface area contributed by atoms with Gasteiger partial charge in [0.15, 0.2) is 11.5 Å². The van der Waals surface area contributed by atoms with Crippen molar-refractivity contribution in [3.8, 4) is 11.5 Å². The summed E-state index contributed by atoms with van der Waals surface area (Å²) in [5.74, 6) is 1.32. The fraction of sp³-hybridized carbons (Fsp3) is 0.632. The van der Waals surface area contributed by atoms with Crippen LogP contribution in [0.3, 0.4) is 0 Å². The molecule has 2 aliphatic heterocycles. The predicted molar refractivity (Wildman–Crippen MR) is 101 cm³/mol. The monoisotopic (exact) mass is 368 g/mol. The van der Waals surface area contributed by atoms with E-state index in [0.717, 1.165) is 19.3 Å². The van der Waals surface area contributed by atoms with E-state index < -0.39 is 0 Å². The van der Waals surface area contributed by atoms with E-state index in [-0.39, 0.29) is 24.4 Å². The molecule has 1 amide bonds. The van der Waals surface area contributed by atoms with Crippen molar-refractivity contribution in [2.24, 2.45) is 0 Å². The molecule has 2 atom stereocenters. The Balaban J connectivity index is 0.00000225. The lowest BCUT2D eigenvalue weighted by atomic mass is 9.99. The van der Waals surface area contributed by atoms with Crippen LogP contribution in [0.15, 0.2) is 18.2 Å². The van der Waals surface area contributed by atoms with Gasteiger partial charge in [-0.2, -0.15) is 0 Å². The van der Waals surface area contributed by atoms with Gasteiger partial charge >= 0.3 is 0 Å². The number of hydrogen-bond donors (Lipinski definition) is 2. The molecule has 2 saturated heterocycles. The number of carbonyl (C=O) groups is 1. The van der Waals surface area contributed by atoms with Crippen LogP contribution in [0, 0.1) is 0 Å². The van der Waals surface area contributed by atoms with Gasteiger partial charge in [-0.05, 0) is 57.2 Å². The van der Waals surface area contributed by atoms with Gasteiger partial charge < -0.3 is 20.1 Å². The Bertz CT molecular complexity index is 570. The Hall–Kier alpha value is -1.46. The molecule has 5 nitrogen and oxygen atoms in total. The van der Waals surface area contributed by atoms with Crippen LogP contribution in [0.25, 0.3) is 0 Å². The smallest absolute Gasteiger partial charge is 0.251 e. The highest BCUT2D eigenvalue weighted by molar-refractivity contribution is 5.95. The molecule has 2 bridgehead atoms. The van der Waals surface area contributed by atoms with Crippen LogP contribution in [-0.4, -0.2) is 37.2 Å². The first-order valence-electron chi connectivity index (χ1n) is 9.16. The minimum Gasteiger partial charge on any atom is -0.490 e. The molecule has 2 N–H and O–H groups in total. The molecule has 0 spiro atoms. The van der Waals surface area contributed by atoms with Crippen molar-refractivity contribution in [2.75, 3.05) is 13.2 Å². The Kier molecular flexibility index (Phi) is 7.38. The second-order valence-corrected chi connectivity index (χ2v) is 6.72. The van der Waals surface area contributed by atoms with Crippen LogP contribution in [0.1, 0.15) is 56.3 Å². The molecular weight excluding hydrogens is 340 g/mol. The Morgan fingerprint density at radius 1 is 1.16 bits per heavy atom. The summed E-state index contributed by atoms with van der Waals surface area (Å²) >= 11 is 0. The first-order valence-corrected chi connectivity index (χ1v) is 9.16. The standard InChI is InChI=1S/C19H28N2O3.ClH/c1-3-9-24-17-8-5-13(10-18(17)23-4-2)19(22)21-16-11-14-6-7-15(12-16)20-14;/h5,8,10,14-16,20H,3-4,6-7,9,11-12H2,1-2H3,(H,21,22);1H. The zero-order chi connectivity index (χ0) is 16.9. The number of amides is 1. The SMILES string of the molecule is CCCOc1ccc(C(=O)NC2CC3CCC(C2)N3)cc1OCC.Cl. The van der Waals surface area contributed by atoms with Crippen molar-refractivity contribution in [1.29, 1.82) is 0 Å². The summed E-state index contributed by atoms with van der Waals surface area (Å²) in [5.41, 5.74) is 0.633. The molecule has 2 fully saturated rings. The molecule has 2 heterocycles. The number of hydrogen-bond acceptors (Lipinski definition) is 4. The molecule has 25 heavy (non-hydrogen) atoms. The summed E-state index contributed by atoms with van der Waals surface area (Å²) in [5, 5.41) is 6.79. The number of piperidine rings is 1. The molecule has 0 saturated carbocycles. The molecular formula is C19H29ClN2O3. The van der Waals surface area contributed by atoms with Crippen LogP contribution in [0.4, 0.5) is 0 Å². The highest BCUT2D eigenvalue weighted by Crippen LogP contribution is 2.30. The highest BCUT2D eigenvalue weighted by Gasteiger charge is 2.34. The molecule has 2 aliphatic rings. The largest absolute Gasteiger partial charge is 0.490 e. The lowest BCUT2D eigenvalue weighted by molar-refractivity contribution is 0.0923. The van der Waals surface area contributed by atoms with E-state index in [9.17, 15) is 4.79 Å². The molecule has 2 unspecified atom stereocenters. The first kappa shape index (κ1) is 19.9. The molecule has 0 radical (unpaired) electrons. The lowest BCUT2D eigenvalue weighted by Gasteiger charge is -2.29. The molecule has 1 aromatic rings. The van der Waals surface area contributed by atoms with E-state index in [1.807, 2.05) is 19.1 Å². The van der Waals surface area contributed by atoms with Crippen LogP contribution < -0.4 is 20.1 Å². The minimum atomic E-state index is -0.0238. The zero-order valence-corrected chi connectivity index (χ0v) is 15.9. The van der Waals surface area contributed by atoms with Gasteiger partial charge in [0.2, 0.25) is 0 Å². The molecule has 6 heteroatoms.